The van der Waals surface area contributed by atoms with Gasteiger partial charge in [0.2, 0.25) is 41.4 Å². The second-order valence-electron chi connectivity index (χ2n) is 20.2. The molecule has 3 aliphatic carbocycles. The molecule has 1 aliphatic heterocycles. The van der Waals surface area contributed by atoms with Crippen molar-refractivity contribution in [3.05, 3.63) is 59.7 Å². The summed E-state index contributed by atoms with van der Waals surface area (Å²) in [5.74, 6) is -5.52. The summed E-state index contributed by atoms with van der Waals surface area (Å²) in [6, 6.07) is 7.30. The van der Waals surface area contributed by atoms with Crippen molar-refractivity contribution >= 4 is 54.4 Å². The molecule has 1 saturated heterocycles. The number of unbranched alkanes of at least 4 members (excludes halogenated alkanes) is 2. The maximum Gasteiger partial charge on any atom is 0.497 e. The minimum atomic E-state index is -1.48. The number of amides is 8. The van der Waals surface area contributed by atoms with E-state index in [4.69, 9.17) is 26.5 Å². The molecule has 2 aromatic carbocycles. The smallest absolute Gasteiger partial charge is 0.403 e. The molecule has 3 saturated carbocycles. The van der Waals surface area contributed by atoms with Crippen molar-refractivity contribution in [3.8, 4) is 11.1 Å². The Morgan fingerprint density at radius 3 is 2.00 bits per heavy atom. The average Bonchev–Trinajstić information content (AvgIpc) is 3.72. The number of primary amides is 1. The van der Waals surface area contributed by atoms with Gasteiger partial charge in [-0.2, -0.15) is 0 Å². The Kier molecular flexibility index (Phi) is 19.9. The largest absolute Gasteiger partial charge is 0.497 e. The van der Waals surface area contributed by atoms with Crippen LogP contribution in [0.5, 0.6) is 0 Å². The maximum absolute atomic E-state index is 13.7. The number of hydrogen-bond donors (Lipinski definition) is 10. The number of aliphatic hydroxyl groups is 1. The molecule has 2 aromatic rings. The van der Waals surface area contributed by atoms with Crippen LogP contribution in [-0.2, 0) is 49.3 Å². The first-order chi connectivity index (χ1) is 34.0. The van der Waals surface area contributed by atoms with Crippen LogP contribution in [-0.4, -0.2) is 139 Å². The normalized spacial score (nSPS) is 22.0. The molecule has 72 heavy (non-hydrogen) atoms. The lowest BCUT2D eigenvalue weighted by atomic mass is 9.43. The van der Waals surface area contributed by atoms with E-state index < -0.39 is 116 Å². The summed E-state index contributed by atoms with van der Waals surface area (Å²) in [4.78, 5) is 106. The van der Waals surface area contributed by atoms with E-state index >= 15 is 0 Å². The van der Waals surface area contributed by atoms with Crippen LogP contribution in [0.25, 0.3) is 11.1 Å². The molecule has 21 nitrogen and oxygen atoms in total. The highest BCUT2D eigenvalue weighted by Gasteiger charge is 2.68. The molecule has 1 heterocycles. The van der Waals surface area contributed by atoms with Gasteiger partial charge in [-0.3, -0.25) is 38.4 Å². The van der Waals surface area contributed by atoms with E-state index in [-0.39, 0.29) is 29.4 Å². The Balaban J connectivity index is 1.10. The topological polar surface area (TPSA) is 329 Å². The number of nitrogens with two attached hydrogens (primary N) is 3. The van der Waals surface area contributed by atoms with Gasteiger partial charge < -0.3 is 68.4 Å². The van der Waals surface area contributed by atoms with Gasteiger partial charge in [-0.1, -0.05) is 63.6 Å². The first-order valence-corrected chi connectivity index (χ1v) is 25.0. The number of carbonyl (C=O) groups is 8. The van der Waals surface area contributed by atoms with Crippen molar-refractivity contribution in [1.82, 2.24) is 36.8 Å². The number of carbonyl (C=O) groups excluding carboxylic acids is 8. The number of hydrogen-bond acceptors (Lipinski definition) is 13. The van der Waals surface area contributed by atoms with Crippen LogP contribution in [0, 0.1) is 17.3 Å². The first kappa shape index (κ1) is 57.0. The molecule has 10 unspecified atom stereocenters. The summed E-state index contributed by atoms with van der Waals surface area (Å²) in [6.45, 7) is 10.2. The molecule has 22 heteroatoms. The standard InChI is InChI=1S/C50H75BN10O11/c1-8-9-12-30-14-16-31(17-15-30)32-18-20-33(21-19-32)44(67)59-36(27-62)46(69)56-28(2)42(65)55-26-41(64)61(7)37(13-10-11-22-52)47(70)57-29(3)43(66)58-35(25-40(53)63)45(68)60-48(54)51-71-39-24-34-23-38(49(34,4)5)50(39,6)72-51/h14-21,28-29,34-39,48,62H,8-13,22-27,52,54H2,1-7H3,(H2,53,63)(H,55,65)(H,56,69)(H,57,70)(H,58,66)(H,59,67)(H,60,68). The molecule has 4 aliphatic rings. The van der Waals surface area contributed by atoms with Crippen LogP contribution < -0.4 is 49.1 Å². The van der Waals surface area contributed by atoms with Gasteiger partial charge in [0.15, 0.2) is 0 Å². The molecule has 6 rings (SSSR count). The molecule has 10 atom stereocenters. The Morgan fingerprint density at radius 2 is 1.40 bits per heavy atom. The lowest BCUT2D eigenvalue weighted by molar-refractivity contribution is -0.199. The van der Waals surface area contributed by atoms with E-state index in [9.17, 15) is 43.5 Å². The average molecular weight is 1000 g/mol. The fourth-order valence-electron chi connectivity index (χ4n) is 9.94. The van der Waals surface area contributed by atoms with Gasteiger partial charge in [0.25, 0.3) is 5.91 Å². The Hall–Kier alpha value is -5.94. The van der Waals surface area contributed by atoms with Gasteiger partial charge in [0.1, 0.15) is 36.3 Å². The van der Waals surface area contributed by atoms with E-state index in [0.29, 0.717) is 25.3 Å². The first-order valence-electron chi connectivity index (χ1n) is 25.0. The highest BCUT2D eigenvalue weighted by molar-refractivity contribution is 6.47. The zero-order chi connectivity index (χ0) is 53.1. The minimum Gasteiger partial charge on any atom is -0.403 e. The number of benzene rings is 2. The van der Waals surface area contributed by atoms with Crippen LogP contribution in [0.2, 0.25) is 0 Å². The summed E-state index contributed by atoms with van der Waals surface area (Å²) in [6.07, 6.45) is 5.26. The lowest BCUT2D eigenvalue weighted by Crippen LogP contribution is -2.65. The molecule has 0 spiro atoms. The SMILES string of the molecule is CCCCc1ccc(-c2ccc(C(=O)NC(CO)C(=O)NC(C)C(=O)NCC(=O)N(C)C(CCCCN)C(=O)NC(C)C(=O)NC(CC(N)=O)C(=O)NC(N)B3OC4CC5CC(C5(C)C)C4(C)O3)cc2)cc1. The zero-order valence-corrected chi connectivity index (χ0v) is 42.6. The van der Waals surface area contributed by atoms with Gasteiger partial charge in [-0.05, 0) is 118 Å². The van der Waals surface area contributed by atoms with Crippen molar-refractivity contribution in [2.45, 2.75) is 147 Å². The van der Waals surface area contributed by atoms with Crippen molar-refractivity contribution in [2.24, 2.45) is 34.5 Å². The van der Waals surface area contributed by atoms with Crippen molar-refractivity contribution in [2.75, 3.05) is 26.7 Å². The molecule has 394 valence electrons. The molecule has 0 aromatic heterocycles. The predicted octanol–water partition coefficient (Wildman–Crippen LogP) is -0.103. The third-order valence-electron chi connectivity index (χ3n) is 14.7. The van der Waals surface area contributed by atoms with Gasteiger partial charge in [-0.25, -0.2) is 0 Å². The quantitative estimate of drug-likeness (QED) is 0.0335. The highest BCUT2D eigenvalue weighted by atomic mass is 16.7. The fourth-order valence-corrected chi connectivity index (χ4v) is 9.94. The molecule has 2 bridgehead atoms. The Morgan fingerprint density at radius 1 is 0.792 bits per heavy atom. The van der Waals surface area contributed by atoms with Crippen LogP contribution in [0.4, 0.5) is 0 Å². The van der Waals surface area contributed by atoms with Gasteiger partial charge in [0, 0.05) is 12.6 Å². The third kappa shape index (κ3) is 14.0. The third-order valence-corrected chi connectivity index (χ3v) is 14.7. The molecular formula is C50H75BN10O11. The summed E-state index contributed by atoms with van der Waals surface area (Å²) >= 11 is 0. The number of aliphatic hydroxyl groups excluding tert-OH is 1. The van der Waals surface area contributed by atoms with Crippen molar-refractivity contribution in [1.29, 1.82) is 0 Å². The van der Waals surface area contributed by atoms with Crippen LogP contribution in [0.3, 0.4) is 0 Å². The monoisotopic (exact) mass is 1000 g/mol. The Bertz CT molecular complexity index is 2270. The van der Waals surface area contributed by atoms with Crippen LogP contribution in [0.1, 0.15) is 109 Å². The van der Waals surface area contributed by atoms with E-state index in [0.717, 1.165) is 48.1 Å². The van der Waals surface area contributed by atoms with Crippen LogP contribution >= 0.6 is 0 Å². The van der Waals surface area contributed by atoms with Gasteiger partial charge in [0.05, 0.1) is 31.3 Å². The van der Waals surface area contributed by atoms with E-state index in [1.807, 2.05) is 19.1 Å². The lowest BCUT2D eigenvalue weighted by Gasteiger charge is -2.64. The Labute approximate surface area is 422 Å². The highest BCUT2D eigenvalue weighted by Crippen LogP contribution is 2.65. The number of nitrogens with one attached hydrogen (secondary N) is 6. The fraction of sp³-hybridized carbons (Fsp3) is 0.600. The maximum atomic E-state index is 13.7. The molecule has 8 amide bonds. The van der Waals surface area contributed by atoms with Gasteiger partial charge >= 0.3 is 7.12 Å². The minimum absolute atomic E-state index is 0.0721. The van der Waals surface area contributed by atoms with Gasteiger partial charge in [-0.15, -0.1) is 0 Å². The number of rotatable bonds is 26. The molecular weight excluding hydrogens is 927 g/mol. The van der Waals surface area contributed by atoms with Crippen molar-refractivity contribution in [3.63, 3.8) is 0 Å². The second kappa shape index (κ2) is 25.1. The summed E-state index contributed by atoms with van der Waals surface area (Å²) in [5.41, 5.74) is 20.3. The van der Waals surface area contributed by atoms with E-state index in [1.54, 1.807) is 24.3 Å². The van der Waals surface area contributed by atoms with E-state index in [2.05, 4.69) is 64.8 Å². The summed E-state index contributed by atoms with van der Waals surface area (Å²) < 4.78 is 12.5. The van der Waals surface area contributed by atoms with E-state index in [1.165, 1.54) is 26.5 Å². The summed E-state index contributed by atoms with van der Waals surface area (Å²) in [7, 11) is 0.361. The molecule has 4 fully saturated rings. The predicted molar refractivity (Wildman–Crippen MR) is 268 cm³/mol. The molecule has 13 N–H and O–H groups in total. The van der Waals surface area contributed by atoms with Crippen molar-refractivity contribution < 1.29 is 52.8 Å². The van der Waals surface area contributed by atoms with Crippen LogP contribution in [0.15, 0.2) is 48.5 Å². The molecule has 0 radical (unpaired) electrons. The summed E-state index contributed by atoms with van der Waals surface area (Å²) in [5, 5.41) is 24.9. The number of likely N-dealkylation sites (N-methyl/N-ethyl adjacent to an activating group) is 1. The number of nitrogens with zero attached hydrogens (tertiary/aromatic N) is 1. The zero-order valence-electron chi connectivity index (χ0n) is 42.6. The number of aryl methyl sites for hydroxylation is 1. The second-order valence-corrected chi connectivity index (χ2v) is 20.2.